The number of rotatable bonds is 6. The van der Waals surface area contributed by atoms with E-state index < -0.39 is 0 Å². The number of amides is 2. The van der Waals surface area contributed by atoms with Gasteiger partial charge in [-0.25, -0.2) is 0 Å². The molecule has 0 aromatic rings. The van der Waals surface area contributed by atoms with Gasteiger partial charge >= 0.3 is 0 Å². The molecule has 0 heterocycles. The van der Waals surface area contributed by atoms with Crippen molar-refractivity contribution in [1.82, 2.24) is 16.0 Å². The van der Waals surface area contributed by atoms with Crippen LogP contribution in [0.2, 0.25) is 0 Å². The Bertz CT molecular complexity index is 308. The largest absolute Gasteiger partial charge is 0.352 e. The third kappa shape index (κ3) is 6.05. The van der Waals surface area contributed by atoms with Crippen molar-refractivity contribution in [2.24, 2.45) is 0 Å². The molecule has 0 aliphatic heterocycles. The van der Waals surface area contributed by atoms with Crippen molar-refractivity contribution < 1.29 is 9.59 Å². The first-order chi connectivity index (χ1) is 9.24. The Labute approximate surface area is 114 Å². The normalized spacial score (nSPS) is 20.6. The van der Waals surface area contributed by atoms with Crippen molar-refractivity contribution in [3.63, 3.8) is 0 Å². The lowest BCUT2D eigenvalue weighted by molar-refractivity contribution is -0.121. The average molecular weight is 267 g/mol. The van der Waals surface area contributed by atoms with E-state index in [4.69, 9.17) is 0 Å². The molecule has 0 unspecified atom stereocenters. The van der Waals surface area contributed by atoms with E-state index >= 15 is 0 Å². The molecule has 0 aromatic heterocycles. The summed E-state index contributed by atoms with van der Waals surface area (Å²) in [6, 6.07) is 0.714. The molecule has 2 fully saturated rings. The van der Waals surface area contributed by atoms with Crippen LogP contribution >= 0.6 is 0 Å². The summed E-state index contributed by atoms with van der Waals surface area (Å²) in [6.45, 7) is 0.461. The van der Waals surface area contributed by atoms with Gasteiger partial charge in [-0.3, -0.25) is 14.9 Å². The number of hydrogen-bond donors (Lipinski definition) is 3. The van der Waals surface area contributed by atoms with Crippen LogP contribution in [0.3, 0.4) is 0 Å². The Kier molecular flexibility index (Phi) is 5.63. The smallest absolute Gasteiger partial charge is 0.234 e. The first-order valence-electron chi connectivity index (χ1n) is 7.53. The fourth-order valence-electron chi connectivity index (χ4n) is 2.50. The third-order valence-electron chi connectivity index (χ3n) is 3.73. The first kappa shape index (κ1) is 14.3. The topological polar surface area (TPSA) is 70.2 Å². The highest BCUT2D eigenvalue weighted by atomic mass is 16.2. The molecular formula is C14H25N3O2. The van der Waals surface area contributed by atoms with E-state index in [-0.39, 0.29) is 24.9 Å². The summed E-state index contributed by atoms with van der Waals surface area (Å²) in [5.74, 6) is -0.00381. The standard InChI is InChI=1S/C14H25N3O2/c18-13(16-11-5-3-1-2-4-6-11)9-15-10-14(19)17-12-7-8-12/h11-12,15H,1-10H2,(H,16,18)(H,17,19). The molecule has 108 valence electrons. The minimum atomic E-state index is -0.00948. The van der Waals surface area contributed by atoms with Crippen molar-refractivity contribution in [2.75, 3.05) is 13.1 Å². The predicted octanol–water partition coefficient (Wildman–Crippen LogP) is 0.694. The van der Waals surface area contributed by atoms with Crippen molar-refractivity contribution in [3.05, 3.63) is 0 Å². The fraction of sp³-hybridized carbons (Fsp3) is 0.857. The molecule has 5 nitrogen and oxygen atoms in total. The Balaban J connectivity index is 1.54. The first-order valence-corrected chi connectivity index (χ1v) is 7.53. The third-order valence-corrected chi connectivity index (χ3v) is 3.73. The summed E-state index contributed by atoms with van der Waals surface area (Å²) in [4.78, 5) is 23.1. The minimum absolute atomic E-state index is 0.00567. The average Bonchev–Trinajstić information content (AvgIpc) is 3.17. The summed E-state index contributed by atoms with van der Waals surface area (Å²) >= 11 is 0. The lowest BCUT2D eigenvalue weighted by atomic mass is 10.1. The van der Waals surface area contributed by atoms with Gasteiger partial charge in [0.25, 0.3) is 0 Å². The van der Waals surface area contributed by atoms with E-state index in [0.29, 0.717) is 12.1 Å². The molecule has 0 radical (unpaired) electrons. The summed E-state index contributed by atoms with van der Waals surface area (Å²) < 4.78 is 0. The Morgan fingerprint density at radius 2 is 1.21 bits per heavy atom. The highest BCUT2D eigenvalue weighted by molar-refractivity contribution is 5.81. The zero-order valence-corrected chi connectivity index (χ0v) is 11.5. The Morgan fingerprint density at radius 3 is 1.68 bits per heavy atom. The predicted molar refractivity (Wildman–Crippen MR) is 73.7 cm³/mol. The summed E-state index contributed by atoms with van der Waals surface area (Å²) in [5.41, 5.74) is 0. The van der Waals surface area contributed by atoms with Crippen LogP contribution in [0, 0.1) is 0 Å². The molecule has 2 rings (SSSR count). The molecule has 0 spiro atoms. The van der Waals surface area contributed by atoms with Crippen molar-refractivity contribution in [1.29, 1.82) is 0 Å². The van der Waals surface area contributed by atoms with Gasteiger partial charge in [-0.2, -0.15) is 0 Å². The zero-order valence-electron chi connectivity index (χ0n) is 11.5. The van der Waals surface area contributed by atoms with Gasteiger partial charge in [0.15, 0.2) is 0 Å². The van der Waals surface area contributed by atoms with E-state index in [1.54, 1.807) is 0 Å². The van der Waals surface area contributed by atoms with Crippen LogP contribution in [0.1, 0.15) is 51.4 Å². The quantitative estimate of drug-likeness (QED) is 0.620. The second-order valence-electron chi connectivity index (χ2n) is 5.70. The second kappa shape index (κ2) is 7.48. The van der Waals surface area contributed by atoms with Crippen LogP contribution in [0.25, 0.3) is 0 Å². The molecule has 19 heavy (non-hydrogen) atoms. The number of carbonyl (C=O) groups excluding carboxylic acids is 2. The molecule has 2 saturated carbocycles. The molecule has 0 aromatic carbocycles. The molecular weight excluding hydrogens is 242 g/mol. The molecule has 5 heteroatoms. The summed E-state index contributed by atoms with van der Waals surface area (Å²) in [7, 11) is 0. The molecule has 2 aliphatic rings. The molecule has 2 aliphatic carbocycles. The number of nitrogens with one attached hydrogen (secondary N) is 3. The Hall–Kier alpha value is -1.10. The maximum Gasteiger partial charge on any atom is 0.234 e. The lowest BCUT2D eigenvalue weighted by Gasteiger charge is -2.16. The van der Waals surface area contributed by atoms with E-state index in [0.717, 1.165) is 25.7 Å². The van der Waals surface area contributed by atoms with Gasteiger partial charge in [0, 0.05) is 12.1 Å². The van der Waals surface area contributed by atoms with E-state index in [1.165, 1.54) is 25.7 Å². The van der Waals surface area contributed by atoms with Crippen LogP contribution in [0.5, 0.6) is 0 Å². The van der Waals surface area contributed by atoms with Crippen LogP contribution in [0.4, 0.5) is 0 Å². The van der Waals surface area contributed by atoms with Crippen LogP contribution in [-0.4, -0.2) is 37.0 Å². The van der Waals surface area contributed by atoms with E-state index in [2.05, 4.69) is 16.0 Å². The minimum Gasteiger partial charge on any atom is -0.352 e. The summed E-state index contributed by atoms with van der Waals surface area (Å²) in [6.07, 6.45) is 9.35. The highest BCUT2D eigenvalue weighted by Gasteiger charge is 2.22. The van der Waals surface area contributed by atoms with Crippen molar-refractivity contribution >= 4 is 11.8 Å². The molecule has 3 N–H and O–H groups in total. The van der Waals surface area contributed by atoms with E-state index in [9.17, 15) is 9.59 Å². The Morgan fingerprint density at radius 1 is 0.737 bits per heavy atom. The van der Waals surface area contributed by atoms with Gasteiger partial charge in [-0.15, -0.1) is 0 Å². The van der Waals surface area contributed by atoms with Crippen LogP contribution in [-0.2, 0) is 9.59 Å². The van der Waals surface area contributed by atoms with Crippen LogP contribution in [0.15, 0.2) is 0 Å². The maximum absolute atomic E-state index is 11.7. The summed E-state index contributed by atoms with van der Waals surface area (Å²) in [5, 5.41) is 8.84. The molecule has 0 atom stereocenters. The SMILES string of the molecule is O=C(CNCC(=O)NC1CC1)NC1CCCCCC1. The van der Waals surface area contributed by atoms with Gasteiger partial charge in [-0.1, -0.05) is 25.7 Å². The monoisotopic (exact) mass is 267 g/mol. The lowest BCUT2D eigenvalue weighted by Crippen LogP contribution is -2.43. The number of hydrogen-bond acceptors (Lipinski definition) is 3. The maximum atomic E-state index is 11.7. The van der Waals surface area contributed by atoms with E-state index in [1.807, 2.05) is 0 Å². The van der Waals surface area contributed by atoms with Gasteiger partial charge in [0.1, 0.15) is 0 Å². The van der Waals surface area contributed by atoms with Crippen molar-refractivity contribution in [2.45, 2.75) is 63.5 Å². The zero-order chi connectivity index (χ0) is 13.5. The second-order valence-corrected chi connectivity index (χ2v) is 5.70. The molecule has 0 saturated heterocycles. The van der Waals surface area contributed by atoms with Gasteiger partial charge < -0.3 is 10.6 Å². The molecule has 2 amide bonds. The van der Waals surface area contributed by atoms with Crippen molar-refractivity contribution in [3.8, 4) is 0 Å². The fourth-order valence-corrected chi connectivity index (χ4v) is 2.50. The molecule has 0 bridgehead atoms. The van der Waals surface area contributed by atoms with Gasteiger partial charge in [0.05, 0.1) is 13.1 Å². The van der Waals surface area contributed by atoms with Gasteiger partial charge in [-0.05, 0) is 25.7 Å². The van der Waals surface area contributed by atoms with Gasteiger partial charge in [0.2, 0.25) is 11.8 Å². The van der Waals surface area contributed by atoms with Crippen LogP contribution < -0.4 is 16.0 Å². The highest BCUT2D eigenvalue weighted by Crippen LogP contribution is 2.18. The number of carbonyl (C=O) groups is 2.